The molecule has 1 saturated heterocycles. The van der Waals surface area contributed by atoms with E-state index < -0.39 is 49.1 Å². The maximum absolute atomic E-state index is 15.0. The Bertz CT molecular complexity index is 1920. The fourth-order valence-corrected chi connectivity index (χ4v) is 5.01. The first-order valence-electron chi connectivity index (χ1n) is 13.4. The third-order valence-electron chi connectivity index (χ3n) is 6.23. The van der Waals surface area contributed by atoms with E-state index in [0.717, 1.165) is 34.9 Å². The van der Waals surface area contributed by atoms with Crippen LogP contribution in [0, 0.1) is 17.1 Å². The van der Waals surface area contributed by atoms with Crippen molar-refractivity contribution < 1.29 is 49.8 Å². The number of aromatic nitrogens is 3. The number of hydrogen-bond acceptors (Lipinski definition) is 8. The van der Waals surface area contributed by atoms with Crippen molar-refractivity contribution in [2.75, 3.05) is 22.6 Å². The van der Waals surface area contributed by atoms with E-state index in [9.17, 15) is 41.2 Å². The highest BCUT2D eigenvalue weighted by Crippen LogP contribution is 2.36. The Morgan fingerprint density at radius 2 is 1.81 bits per heavy atom. The Kier molecular flexibility index (Phi) is 9.56. The zero-order chi connectivity index (χ0) is 34.6. The third kappa shape index (κ3) is 8.38. The van der Waals surface area contributed by atoms with Gasteiger partial charge in [0.2, 0.25) is 5.91 Å². The van der Waals surface area contributed by atoms with E-state index in [1.165, 1.54) is 53.5 Å². The van der Waals surface area contributed by atoms with E-state index in [1.54, 1.807) is 0 Å². The Morgan fingerprint density at radius 1 is 1.06 bits per heavy atom. The average molecular weight is 694 g/mol. The molecule has 3 aromatic carbocycles. The SMILES string of the molecule is N#Cc1ccc(OCCC(F)(F)F)c(N2C(=O)CSC2=NC(=O)Nc2ccc(-c3ncn(-c4ccc(OC(F)(F)F)cc4)n3)cc2F)c1. The van der Waals surface area contributed by atoms with Gasteiger partial charge in [0.1, 0.15) is 23.6 Å². The van der Waals surface area contributed by atoms with Crippen LogP contribution in [0.15, 0.2) is 72.0 Å². The van der Waals surface area contributed by atoms with Crippen molar-refractivity contribution in [2.24, 2.45) is 4.99 Å². The minimum absolute atomic E-state index is 0.0482. The Morgan fingerprint density at radius 3 is 2.48 bits per heavy atom. The number of carbonyl (C=O) groups excluding carboxylic acids is 2. The molecule has 3 amide bonds. The predicted molar refractivity (Wildman–Crippen MR) is 157 cm³/mol. The minimum atomic E-state index is -4.85. The summed E-state index contributed by atoms with van der Waals surface area (Å²) in [7, 11) is 0. The molecular formula is C29H18F7N7O4S. The number of carbonyl (C=O) groups is 2. The van der Waals surface area contributed by atoms with Gasteiger partial charge in [-0.05, 0) is 60.7 Å². The molecule has 1 N–H and O–H groups in total. The van der Waals surface area contributed by atoms with E-state index in [1.807, 2.05) is 6.07 Å². The number of alkyl halides is 6. The number of nitrogens with zero attached hydrogens (tertiary/aromatic N) is 6. The summed E-state index contributed by atoms with van der Waals surface area (Å²) in [4.78, 5) is 34.4. The van der Waals surface area contributed by atoms with Gasteiger partial charge >= 0.3 is 18.6 Å². The predicted octanol–water partition coefficient (Wildman–Crippen LogP) is 6.84. The van der Waals surface area contributed by atoms with Crippen LogP contribution < -0.4 is 19.7 Å². The molecule has 1 aliphatic rings. The molecule has 11 nitrogen and oxygen atoms in total. The number of halogens is 7. The summed E-state index contributed by atoms with van der Waals surface area (Å²) in [5.74, 6) is -2.26. The van der Waals surface area contributed by atoms with Gasteiger partial charge in [-0.25, -0.2) is 18.9 Å². The van der Waals surface area contributed by atoms with Gasteiger partial charge in [-0.15, -0.1) is 18.3 Å². The summed E-state index contributed by atoms with van der Waals surface area (Å²) in [5, 5.41) is 15.5. The van der Waals surface area contributed by atoms with Crippen LogP contribution in [0.5, 0.6) is 11.5 Å². The van der Waals surface area contributed by atoms with Crippen molar-refractivity contribution in [1.29, 1.82) is 5.26 Å². The summed E-state index contributed by atoms with van der Waals surface area (Å²) in [6, 6.07) is 12.8. The van der Waals surface area contributed by atoms with Crippen molar-refractivity contribution in [2.45, 2.75) is 19.0 Å². The van der Waals surface area contributed by atoms with E-state index in [-0.39, 0.29) is 45.0 Å². The van der Waals surface area contributed by atoms with Crippen LogP contribution in [0.3, 0.4) is 0 Å². The summed E-state index contributed by atoms with van der Waals surface area (Å²) in [6.07, 6.45) is -9.38. The van der Waals surface area contributed by atoms with Gasteiger partial charge in [-0.1, -0.05) is 11.8 Å². The van der Waals surface area contributed by atoms with Gasteiger partial charge in [0.25, 0.3) is 0 Å². The standard InChI is InChI=1S/C29H18F7N7O4S/c30-20-12-17(25-38-15-42(41-25)18-3-5-19(6-4-18)47-29(34,35)36)2-7-21(20)39-26(45)40-27-43(24(44)14-48-27)22-11-16(13-37)1-8-23(22)46-10-9-28(31,32)33/h1-8,11-12,15H,9-10,14H2,(H,39,45). The maximum atomic E-state index is 15.0. The normalized spacial score (nSPS) is 14.2. The lowest BCUT2D eigenvalue weighted by Crippen LogP contribution is -2.31. The summed E-state index contributed by atoms with van der Waals surface area (Å²) in [5.41, 5.74) is 0.160. The Hall–Kier alpha value is -5.64. The van der Waals surface area contributed by atoms with Crippen LogP contribution in [-0.2, 0) is 4.79 Å². The largest absolute Gasteiger partial charge is 0.573 e. The highest BCUT2D eigenvalue weighted by molar-refractivity contribution is 8.15. The molecule has 48 heavy (non-hydrogen) atoms. The van der Waals surface area contributed by atoms with Crippen molar-refractivity contribution in [3.05, 3.63) is 78.4 Å². The average Bonchev–Trinajstić information content (AvgIpc) is 3.64. The smallest absolute Gasteiger partial charge is 0.491 e. The number of thioether (sulfide) groups is 1. The number of aliphatic imine (C=N–C) groups is 1. The lowest BCUT2D eigenvalue weighted by Gasteiger charge is -2.20. The number of amides is 3. The number of nitriles is 1. The molecular weight excluding hydrogens is 675 g/mol. The molecule has 1 aromatic heterocycles. The molecule has 1 fully saturated rings. The van der Waals surface area contributed by atoms with Crippen molar-refractivity contribution in [3.63, 3.8) is 0 Å². The number of benzene rings is 3. The molecule has 0 atom stereocenters. The molecule has 2 heterocycles. The lowest BCUT2D eigenvalue weighted by molar-refractivity contribution is -0.274. The third-order valence-corrected chi connectivity index (χ3v) is 7.15. The van der Waals surface area contributed by atoms with E-state index in [0.29, 0.717) is 5.69 Å². The van der Waals surface area contributed by atoms with Crippen LogP contribution in [0.25, 0.3) is 17.1 Å². The van der Waals surface area contributed by atoms with Crippen molar-refractivity contribution >= 4 is 40.2 Å². The zero-order valence-electron chi connectivity index (χ0n) is 23.8. The van der Waals surface area contributed by atoms with E-state index in [2.05, 4.69) is 25.1 Å². The second-order valence-corrected chi connectivity index (χ2v) is 10.5. The van der Waals surface area contributed by atoms with Gasteiger partial charge in [-0.3, -0.25) is 9.69 Å². The number of urea groups is 1. The van der Waals surface area contributed by atoms with Gasteiger partial charge in [0, 0.05) is 5.56 Å². The van der Waals surface area contributed by atoms with Crippen molar-refractivity contribution in [3.8, 4) is 34.6 Å². The molecule has 19 heteroatoms. The number of nitrogens with one attached hydrogen (secondary N) is 1. The molecule has 0 unspecified atom stereocenters. The molecule has 0 saturated carbocycles. The first-order valence-corrected chi connectivity index (χ1v) is 14.3. The molecule has 248 valence electrons. The maximum Gasteiger partial charge on any atom is 0.573 e. The fraction of sp³-hybridized carbons (Fsp3) is 0.172. The monoisotopic (exact) mass is 693 g/mol. The second kappa shape index (κ2) is 13.6. The van der Waals surface area contributed by atoms with Crippen LogP contribution in [0.4, 0.5) is 46.9 Å². The Labute approximate surface area is 269 Å². The molecule has 4 aromatic rings. The first kappa shape index (κ1) is 33.7. The number of anilines is 2. The number of rotatable bonds is 8. The zero-order valence-corrected chi connectivity index (χ0v) is 24.7. The first-order chi connectivity index (χ1) is 22.7. The molecule has 1 aliphatic heterocycles. The van der Waals surface area contributed by atoms with E-state index >= 15 is 4.39 Å². The topological polar surface area (TPSA) is 135 Å². The fourth-order valence-electron chi connectivity index (χ4n) is 4.15. The second-order valence-electron chi connectivity index (χ2n) is 9.60. The minimum Gasteiger partial charge on any atom is -0.491 e. The highest BCUT2D eigenvalue weighted by Gasteiger charge is 2.34. The van der Waals surface area contributed by atoms with Crippen LogP contribution in [0.1, 0.15) is 12.0 Å². The summed E-state index contributed by atoms with van der Waals surface area (Å²) < 4.78 is 101. The van der Waals surface area contributed by atoms with Crippen LogP contribution >= 0.6 is 11.8 Å². The van der Waals surface area contributed by atoms with Gasteiger partial charge in [0.15, 0.2) is 11.0 Å². The van der Waals surface area contributed by atoms with Gasteiger partial charge < -0.3 is 14.8 Å². The van der Waals surface area contributed by atoms with Crippen molar-refractivity contribution in [1.82, 2.24) is 14.8 Å². The highest BCUT2D eigenvalue weighted by atomic mass is 32.2. The molecule has 5 rings (SSSR count). The van der Waals surface area contributed by atoms with E-state index in [4.69, 9.17) is 4.74 Å². The number of amidine groups is 1. The molecule has 0 bridgehead atoms. The number of ether oxygens (including phenoxy) is 2. The molecule has 0 radical (unpaired) electrons. The van der Waals surface area contributed by atoms with Crippen LogP contribution in [0.2, 0.25) is 0 Å². The molecule has 0 spiro atoms. The van der Waals surface area contributed by atoms with Gasteiger partial charge in [0.05, 0.1) is 47.5 Å². The lowest BCUT2D eigenvalue weighted by atomic mass is 10.2. The Balaban J connectivity index is 1.30. The quantitative estimate of drug-likeness (QED) is 0.198. The van der Waals surface area contributed by atoms with Gasteiger partial charge in [-0.2, -0.15) is 23.4 Å². The molecule has 0 aliphatic carbocycles. The van der Waals surface area contributed by atoms with Crippen LogP contribution in [-0.4, -0.2) is 56.8 Å². The summed E-state index contributed by atoms with van der Waals surface area (Å²) >= 11 is 0.828. The summed E-state index contributed by atoms with van der Waals surface area (Å²) in [6.45, 7) is -0.774. The number of hydrogen-bond donors (Lipinski definition) is 1.